The smallest absolute Gasteiger partial charge is 0.386 e. The lowest BCUT2D eigenvalue weighted by Gasteiger charge is -2.31. The van der Waals surface area contributed by atoms with Crippen molar-refractivity contribution in [2.45, 2.75) is 38.0 Å². The molecular weight excluding hydrogens is 245 g/mol. The minimum atomic E-state index is -4.10. The molecule has 2 rings (SSSR count). The molecule has 3 nitrogen and oxygen atoms in total. The fourth-order valence-corrected chi connectivity index (χ4v) is 2.59. The van der Waals surface area contributed by atoms with Crippen molar-refractivity contribution in [3.05, 3.63) is 18.0 Å². The van der Waals surface area contributed by atoms with Gasteiger partial charge in [0.25, 0.3) is 0 Å². The molecule has 1 aromatic heterocycles. The molecule has 18 heavy (non-hydrogen) atoms. The fraction of sp³-hybridized carbons (Fsp3) is 0.750. The quantitative estimate of drug-likeness (QED) is 0.890. The Morgan fingerprint density at radius 1 is 1.33 bits per heavy atom. The van der Waals surface area contributed by atoms with Crippen molar-refractivity contribution in [2.24, 2.45) is 18.9 Å². The van der Waals surface area contributed by atoms with E-state index in [-0.39, 0.29) is 18.8 Å². The molecule has 1 N–H and O–H groups in total. The predicted octanol–water partition coefficient (Wildman–Crippen LogP) is 2.82. The Balaban J connectivity index is 1.94. The van der Waals surface area contributed by atoms with E-state index in [9.17, 15) is 18.3 Å². The molecule has 1 aromatic rings. The minimum Gasteiger partial charge on any atom is -0.386 e. The van der Waals surface area contributed by atoms with Gasteiger partial charge in [-0.1, -0.05) is 0 Å². The van der Waals surface area contributed by atoms with Gasteiger partial charge in [-0.05, 0) is 37.7 Å². The van der Waals surface area contributed by atoms with Crippen molar-refractivity contribution >= 4 is 0 Å². The maximum absolute atomic E-state index is 12.5. The van der Waals surface area contributed by atoms with E-state index in [1.54, 1.807) is 24.0 Å². The lowest BCUT2D eigenvalue weighted by atomic mass is 9.78. The first-order valence-corrected chi connectivity index (χ1v) is 6.12. The van der Waals surface area contributed by atoms with Gasteiger partial charge in [-0.3, -0.25) is 4.68 Å². The van der Waals surface area contributed by atoms with E-state index in [0.29, 0.717) is 18.5 Å². The topological polar surface area (TPSA) is 38.0 Å². The standard InChI is InChI=1S/C12H17F3N2O/c1-17-7-6-10(16-17)11(18)8-2-4-9(5-3-8)12(13,14)15/h6-9,11,18H,2-5H2,1H3. The number of nitrogens with zero attached hydrogens (tertiary/aromatic N) is 2. The van der Waals surface area contributed by atoms with Crippen LogP contribution in [0.2, 0.25) is 0 Å². The van der Waals surface area contributed by atoms with Gasteiger partial charge in [0.2, 0.25) is 0 Å². The van der Waals surface area contributed by atoms with Crippen LogP contribution in [0.5, 0.6) is 0 Å². The lowest BCUT2D eigenvalue weighted by Crippen LogP contribution is -2.29. The number of halogens is 3. The lowest BCUT2D eigenvalue weighted by molar-refractivity contribution is -0.185. The van der Waals surface area contributed by atoms with E-state index < -0.39 is 18.2 Å². The van der Waals surface area contributed by atoms with Gasteiger partial charge in [0.05, 0.1) is 11.6 Å². The number of rotatable bonds is 2. The SMILES string of the molecule is Cn1ccc(C(O)C2CCC(C(F)(F)F)CC2)n1. The number of aliphatic hydroxyl groups is 1. The van der Waals surface area contributed by atoms with Gasteiger partial charge in [0.1, 0.15) is 6.10 Å². The highest BCUT2D eigenvalue weighted by Crippen LogP contribution is 2.42. The molecule has 0 radical (unpaired) electrons. The second-order valence-corrected chi connectivity index (χ2v) is 5.01. The molecular formula is C12H17F3N2O. The zero-order valence-electron chi connectivity index (χ0n) is 10.2. The Morgan fingerprint density at radius 2 is 1.94 bits per heavy atom. The molecule has 1 fully saturated rings. The van der Waals surface area contributed by atoms with Crippen LogP contribution in [0.3, 0.4) is 0 Å². The summed E-state index contributed by atoms with van der Waals surface area (Å²) in [5.41, 5.74) is 0.549. The number of aryl methyl sites for hydroxylation is 1. The van der Waals surface area contributed by atoms with E-state index in [2.05, 4.69) is 5.10 Å². The first kappa shape index (κ1) is 13.4. The highest BCUT2D eigenvalue weighted by molar-refractivity contribution is 5.04. The second kappa shape index (κ2) is 4.91. The van der Waals surface area contributed by atoms with E-state index in [4.69, 9.17) is 0 Å². The summed E-state index contributed by atoms with van der Waals surface area (Å²) in [5.74, 6) is -1.32. The molecule has 1 atom stereocenters. The van der Waals surface area contributed by atoms with Crippen LogP contribution in [0.1, 0.15) is 37.5 Å². The van der Waals surface area contributed by atoms with Gasteiger partial charge in [0, 0.05) is 13.2 Å². The minimum absolute atomic E-state index is 0.109. The van der Waals surface area contributed by atoms with Gasteiger partial charge < -0.3 is 5.11 Å². The van der Waals surface area contributed by atoms with Crippen molar-refractivity contribution in [1.29, 1.82) is 0 Å². The third kappa shape index (κ3) is 2.85. The van der Waals surface area contributed by atoms with Gasteiger partial charge in [0.15, 0.2) is 0 Å². The molecule has 0 aromatic carbocycles. The van der Waals surface area contributed by atoms with Gasteiger partial charge >= 0.3 is 6.18 Å². The van der Waals surface area contributed by atoms with Crippen molar-refractivity contribution in [1.82, 2.24) is 9.78 Å². The van der Waals surface area contributed by atoms with Crippen LogP contribution in [0.15, 0.2) is 12.3 Å². The van der Waals surface area contributed by atoms with Crippen LogP contribution >= 0.6 is 0 Å². The average molecular weight is 262 g/mol. The molecule has 1 unspecified atom stereocenters. The highest BCUT2D eigenvalue weighted by Gasteiger charge is 2.42. The zero-order chi connectivity index (χ0) is 13.3. The normalized spacial score (nSPS) is 27.2. The van der Waals surface area contributed by atoms with E-state index in [1.165, 1.54) is 0 Å². The summed E-state index contributed by atoms with van der Waals surface area (Å²) in [6, 6.07) is 1.71. The number of alkyl halides is 3. The maximum atomic E-state index is 12.5. The van der Waals surface area contributed by atoms with Gasteiger partial charge in [-0.15, -0.1) is 0 Å². The molecule has 6 heteroatoms. The Kier molecular flexibility index (Phi) is 3.66. The first-order chi connectivity index (χ1) is 8.38. The van der Waals surface area contributed by atoms with Crippen LogP contribution in [-0.4, -0.2) is 21.1 Å². The molecule has 1 heterocycles. The van der Waals surface area contributed by atoms with Crippen LogP contribution in [0.25, 0.3) is 0 Å². The number of aromatic nitrogens is 2. The second-order valence-electron chi connectivity index (χ2n) is 5.01. The van der Waals surface area contributed by atoms with Crippen molar-refractivity contribution in [3.63, 3.8) is 0 Å². The molecule has 102 valence electrons. The van der Waals surface area contributed by atoms with Crippen LogP contribution < -0.4 is 0 Å². The first-order valence-electron chi connectivity index (χ1n) is 6.12. The Hall–Kier alpha value is -1.04. The number of hydrogen-bond acceptors (Lipinski definition) is 2. The Morgan fingerprint density at radius 3 is 2.39 bits per heavy atom. The Bertz CT molecular complexity index is 394. The summed E-state index contributed by atoms with van der Waals surface area (Å²) >= 11 is 0. The number of aliphatic hydroxyl groups excluding tert-OH is 1. The third-order valence-electron chi connectivity index (χ3n) is 3.72. The predicted molar refractivity (Wildman–Crippen MR) is 59.7 cm³/mol. The molecule has 0 saturated heterocycles. The van der Waals surface area contributed by atoms with Gasteiger partial charge in [-0.2, -0.15) is 18.3 Å². The van der Waals surface area contributed by atoms with Crippen LogP contribution in [-0.2, 0) is 7.05 Å². The Labute approximate surface area is 104 Å². The third-order valence-corrected chi connectivity index (χ3v) is 3.72. The van der Waals surface area contributed by atoms with E-state index >= 15 is 0 Å². The molecule has 0 aliphatic heterocycles. The summed E-state index contributed by atoms with van der Waals surface area (Å²) in [7, 11) is 1.75. The van der Waals surface area contributed by atoms with Crippen LogP contribution in [0, 0.1) is 11.8 Å². The highest BCUT2D eigenvalue weighted by atomic mass is 19.4. The molecule has 0 bridgehead atoms. The molecule has 0 spiro atoms. The number of hydrogen-bond donors (Lipinski definition) is 1. The van der Waals surface area contributed by atoms with Crippen LogP contribution in [0.4, 0.5) is 13.2 Å². The summed E-state index contributed by atoms with van der Waals surface area (Å²) < 4.78 is 39.1. The van der Waals surface area contributed by atoms with Crippen molar-refractivity contribution < 1.29 is 18.3 Å². The monoisotopic (exact) mass is 262 g/mol. The summed E-state index contributed by atoms with van der Waals surface area (Å²) in [4.78, 5) is 0. The zero-order valence-corrected chi connectivity index (χ0v) is 10.2. The van der Waals surface area contributed by atoms with Gasteiger partial charge in [-0.25, -0.2) is 0 Å². The molecule has 1 aliphatic carbocycles. The maximum Gasteiger partial charge on any atom is 0.391 e. The largest absolute Gasteiger partial charge is 0.391 e. The summed E-state index contributed by atoms with van der Waals surface area (Å²) in [5, 5.41) is 14.2. The van der Waals surface area contributed by atoms with E-state index in [0.717, 1.165) is 0 Å². The van der Waals surface area contributed by atoms with Crippen molar-refractivity contribution in [3.8, 4) is 0 Å². The summed E-state index contributed by atoms with van der Waals surface area (Å²) in [6.45, 7) is 0. The summed E-state index contributed by atoms with van der Waals surface area (Å²) in [6.07, 6.45) is -2.10. The molecule has 0 amide bonds. The van der Waals surface area contributed by atoms with Crippen molar-refractivity contribution in [2.75, 3.05) is 0 Å². The molecule has 1 saturated carbocycles. The molecule has 1 aliphatic rings. The van der Waals surface area contributed by atoms with E-state index in [1.807, 2.05) is 0 Å². The fourth-order valence-electron chi connectivity index (χ4n) is 2.59. The average Bonchev–Trinajstić information content (AvgIpc) is 2.74.